The quantitative estimate of drug-likeness (QED) is 0.639. The number of hydrogen-bond donors (Lipinski definition) is 1. The van der Waals surface area contributed by atoms with Crippen molar-refractivity contribution in [3.8, 4) is 0 Å². The van der Waals surface area contributed by atoms with Gasteiger partial charge < -0.3 is 5.32 Å². The number of carbonyl (C=O) groups excluding carboxylic acids is 2. The molecule has 5 heteroatoms. The summed E-state index contributed by atoms with van der Waals surface area (Å²) in [7, 11) is 0. The van der Waals surface area contributed by atoms with Crippen LogP contribution in [0.15, 0.2) is 0 Å². The highest BCUT2D eigenvalue weighted by molar-refractivity contribution is 9.09. The SMILES string of the molecule is O=C1NC2(CCCCC2)C(=O)N1CC1(CBr)CCC1. The molecule has 19 heavy (non-hydrogen) atoms. The molecule has 0 aromatic carbocycles. The summed E-state index contributed by atoms with van der Waals surface area (Å²) < 4.78 is 0. The summed E-state index contributed by atoms with van der Waals surface area (Å²) in [5, 5.41) is 3.87. The first-order valence-corrected chi connectivity index (χ1v) is 8.43. The van der Waals surface area contributed by atoms with E-state index in [0.717, 1.165) is 43.9 Å². The van der Waals surface area contributed by atoms with Gasteiger partial charge in [-0.1, -0.05) is 41.6 Å². The maximum atomic E-state index is 12.7. The van der Waals surface area contributed by atoms with Gasteiger partial charge in [-0.25, -0.2) is 4.79 Å². The molecule has 4 nitrogen and oxygen atoms in total. The smallest absolute Gasteiger partial charge is 0.323 e. The topological polar surface area (TPSA) is 49.4 Å². The molecule has 3 aliphatic rings. The van der Waals surface area contributed by atoms with Gasteiger partial charge in [0.15, 0.2) is 0 Å². The Balaban J connectivity index is 1.75. The summed E-state index contributed by atoms with van der Waals surface area (Å²) in [5.74, 6) is 0.0319. The first-order chi connectivity index (χ1) is 9.11. The van der Waals surface area contributed by atoms with Crippen LogP contribution in [0.5, 0.6) is 0 Å². The Kier molecular flexibility index (Phi) is 3.36. The van der Waals surface area contributed by atoms with Crippen LogP contribution < -0.4 is 5.32 Å². The lowest BCUT2D eigenvalue weighted by Gasteiger charge is -2.42. The van der Waals surface area contributed by atoms with E-state index in [0.29, 0.717) is 6.54 Å². The number of carbonyl (C=O) groups is 2. The second kappa shape index (κ2) is 4.76. The Labute approximate surface area is 122 Å². The number of halogens is 1. The molecule has 0 aromatic heterocycles. The first-order valence-electron chi connectivity index (χ1n) is 7.31. The van der Waals surface area contributed by atoms with Crippen LogP contribution in [0, 0.1) is 5.41 Å². The highest BCUT2D eigenvalue weighted by Crippen LogP contribution is 2.44. The van der Waals surface area contributed by atoms with Crippen LogP contribution >= 0.6 is 15.9 Å². The van der Waals surface area contributed by atoms with E-state index in [1.807, 2.05) is 0 Å². The minimum atomic E-state index is -0.563. The molecule has 3 fully saturated rings. The van der Waals surface area contributed by atoms with E-state index in [1.165, 1.54) is 17.7 Å². The Hall–Kier alpha value is -0.580. The highest BCUT2D eigenvalue weighted by atomic mass is 79.9. The van der Waals surface area contributed by atoms with Crippen molar-refractivity contribution in [3.05, 3.63) is 0 Å². The number of alkyl halides is 1. The average Bonchev–Trinajstić information content (AvgIpc) is 2.58. The van der Waals surface area contributed by atoms with E-state index in [9.17, 15) is 9.59 Å². The molecule has 1 heterocycles. The van der Waals surface area contributed by atoms with Gasteiger partial charge in [0.2, 0.25) is 0 Å². The van der Waals surface area contributed by atoms with Gasteiger partial charge in [0.1, 0.15) is 5.54 Å². The fourth-order valence-electron chi connectivity index (χ4n) is 3.66. The zero-order valence-electron chi connectivity index (χ0n) is 11.2. The van der Waals surface area contributed by atoms with Crippen LogP contribution in [0.3, 0.4) is 0 Å². The standard InChI is InChI=1S/C14H21BrN2O2/c15-9-13(5-4-6-13)10-17-11(18)14(16-12(17)19)7-2-1-3-8-14/h1-10H2,(H,16,19). The fraction of sp³-hybridized carbons (Fsp3) is 0.857. The van der Waals surface area contributed by atoms with E-state index in [-0.39, 0.29) is 17.4 Å². The van der Waals surface area contributed by atoms with Crippen LogP contribution in [0.2, 0.25) is 0 Å². The fourth-order valence-corrected chi connectivity index (χ4v) is 4.40. The summed E-state index contributed by atoms with van der Waals surface area (Å²) in [4.78, 5) is 26.3. The van der Waals surface area contributed by atoms with Crippen molar-refractivity contribution in [2.45, 2.75) is 56.9 Å². The van der Waals surface area contributed by atoms with Gasteiger partial charge in [-0.3, -0.25) is 9.69 Å². The lowest BCUT2D eigenvalue weighted by Crippen LogP contribution is -2.50. The van der Waals surface area contributed by atoms with Crippen molar-refractivity contribution in [1.82, 2.24) is 10.2 Å². The van der Waals surface area contributed by atoms with Gasteiger partial charge in [0.25, 0.3) is 5.91 Å². The van der Waals surface area contributed by atoms with E-state index >= 15 is 0 Å². The van der Waals surface area contributed by atoms with Crippen molar-refractivity contribution in [2.75, 3.05) is 11.9 Å². The number of nitrogens with zero attached hydrogens (tertiary/aromatic N) is 1. The summed E-state index contributed by atoms with van der Waals surface area (Å²) in [6.45, 7) is 0.588. The van der Waals surface area contributed by atoms with E-state index in [1.54, 1.807) is 0 Å². The van der Waals surface area contributed by atoms with Crippen molar-refractivity contribution in [1.29, 1.82) is 0 Å². The Morgan fingerprint density at radius 3 is 2.26 bits per heavy atom. The Morgan fingerprint density at radius 1 is 1.05 bits per heavy atom. The molecule has 3 amide bonds. The maximum absolute atomic E-state index is 12.7. The van der Waals surface area contributed by atoms with Crippen LogP contribution in [0.4, 0.5) is 4.79 Å². The molecule has 0 unspecified atom stereocenters. The van der Waals surface area contributed by atoms with Crippen molar-refractivity contribution >= 4 is 27.9 Å². The molecule has 2 saturated carbocycles. The molecule has 3 rings (SSSR count). The molecule has 1 spiro atoms. The summed E-state index contributed by atoms with van der Waals surface area (Å²) in [6.07, 6.45) is 8.33. The number of hydrogen-bond acceptors (Lipinski definition) is 2. The normalized spacial score (nSPS) is 28.4. The summed E-state index contributed by atoms with van der Waals surface area (Å²) in [6, 6.07) is -0.167. The first kappa shape index (κ1) is 13.4. The number of rotatable bonds is 3. The number of imide groups is 1. The number of urea groups is 1. The van der Waals surface area contributed by atoms with Crippen LogP contribution in [0.25, 0.3) is 0 Å². The van der Waals surface area contributed by atoms with Gasteiger partial charge in [-0.05, 0) is 31.1 Å². The van der Waals surface area contributed by atoms with Gasteiger partial charge in [-0.15, -0.1) is 0 Å². The van der Waals surface area contributed by atoms with Gasteiger partial charge in [-0.2, -0.15) is 0 Å². The van der Waals surface area contributed by atoms with Crippen LogP contribution in [0.1, 0.15) is 51.4 Å². The maximum Gasteiger partial charge on any atom is 0.325 e. The Bertz CT molecular complexity index is 395. The molecule has 1 saturated heterocycles. The molecule has 2 aliphatic carbocycles. The van der Waals surface area contributed by atoms with Gasteiger partial charge in [0, 0.05) is 11.9 Å². The molecule has 1 N–H and O–H groups in total. The lowest BCUT2D eigenvalue weighted by atomic mass is 9.70. The zero-order valence-corrected chi connectivity index (χ0v) is 12.8. The third-order valence-corrected chi connectivity index (χ3v) is 6.33. The Morgan fingerprint density at radius 2 is 1.74 bits per heavy atom. The number of nitrogens with one attached hydrogen (secondary N) is 1. The molecular formula is C14H21BrN2O2. The molecule has 0 bridgehead atoms. The van der Waals surface area contributed by atoms with Gasteiger partial charge >= 0.3 is 6.03 Å². The van der Waals surface area contributed by atoms with Crippen molar-refractivity contribution in [2.24, 2.45) is 5.41 Å². The van der Waals surface area contributed by atoms with E-state index in [2.05, 4.69) is 21.2 Å². The van der Waals surface area contributed by atoms with Gasteiger partial charge in [0.05, 0.1) is 0 Å². The van der Waals surface area contributed by atoms with Crippen LogP contribution in [-0.2, 0) is 4.79 Å². The molecule has 0 radical (unpaired) electrons. The second-order valence-corrected chi connectivity index (χ2v) is 7.01. The van der Waals surface area contributed by atoms with E-state index < -0.39 is 5.54 Å². The minimum absolute atomic E-state index is 0.0319. The second-order valence-electron chi connectivity index (χ2n) is 6.45. The largest absolute Gasteiger partial charge is 0.325 e. The average molecular weight is 329 g/mol. The third kappa shape index (κ3) is 2.10. The predicted molar refractivity (Wildman–Crippen MR) is 76.1 cm³/mol. The predicted octanol–water partition coefficient (Wildman–Crippen LogP) is 2.81. The lowest BCUT2D eigenvalue weighted by molar-refractivity contribution is -0.134. The van der Waals surface area contributed by atoms with E-state index in [4.69, 9.17) is 0 Å². The molecule has 0 aromatic rings. The zero-order chi connectivity index (χ0) is 13.5. The van der Waals surface area contributed by atoms with Crippen molar-refractivity contribution < 1.29 is 9.59 Å². The van der Waals surface area contributed by atoms with Crippen molar-refractivity contribution in [3.63, 3.8) is 0 Å². The monoisotopic (exact) mass is 328 g/mol. The summed E-state index contributed by atoms with van der Waals surface area (Å²) in [5.41, 5.74) is -0.431. The van der Waals surface area contributed by atoms with Crippen LogP contribution in [-0.4, -0.2) is 34.3 Å². The molecule has 1 aliphatic heterocycles. The highest BCUT2D eigenvalue weighted by Gasteiger charge is 2.53. The molecule has 0 atom stereocenters. The minimum Gasteiger partial charge on any atom is -0.323 e. The molecular weight excluding hydrogens is 308 g/mol. The summed E-state index contributed by atoms with van der Waals surface area (Å²) >= 11 is 3.55. The number of amides is 3. The molecule has 106 valence electrons. The third-order valence-electron chi connectivity index (χ3n) is 5.14.